The van der Waals surface area contributed by atoms with E-state index in [0.717, 1.165) is 39.3 Å². The van der Waals surface area contributed by atoms with Gasteiger partial charge in [-0.15, -0.1) is 0 Å². The van der Waals surface area contributed by atoms with Crippen molar-refractivity contribution in [1.82, 2.24) is 0 Å². The Kier molecular flexibility index (Phi) is 112. The molecule has 0 amide bonds. The largest absolute Gasteiger partial charge is 5.00 e. The Morgan fingerprint density at radius 2 is 0.650 bits per heavy atom. The second-order valence-electron chi connectivity index (χ2n) is 3.15. The van der Waals surface area contributed by atoms with Gasteiger partial charge in [0.05, 0.1) is 0 Å². The molecule has 0 radical (unpaired) electrons. The van der Waals surface area contributed by atoms with Crippen LogP contribution in [0.15, 0.2) is 0 Å². The molecule has 0 aliphatic heterocycles. The van der Waals surface area contributed by atoms with E-state index in [1.54, 1.807) is 0 Å². The molecule has 0 aliphatic rings. The van der Waals surface area contributed by atoms with E-state index in [1.165, 1.54) is 0 Å². The van der Waals surface area contributed by atoms with Crippen molar-refractivity contribution in [2.24, 2.45) is 0 Å². The summed E-state index contributed by atoms with van der Waals surface area (Å²) in [6, 6.07) is 0. The van der Waals surface area contributed by atoms with E-state index >= 15 is 0 Å². The molecule has 0 aromatic rings. The average molecular weight is 456 g/mol. The van der Waals surface area contributed by atoms with Gasteiger partial charge in [0, 0.05) is 0 Å². The van der Waals surface area contributed by atoms with Gasteiger partial charge in [-0.25, -0.2) is 0 Å². The van der Waals surface area contributed by atoms with Crippen molar-refractivity contribution >= 4 is 0 Å². The first-order chi connectivity index (χ1) is 8.66. The zero-order chi connectivity index (χ0) is 15.1. The number of rotatable bonds is 6. The van der Waals surface area contributed by atoms with E-state index in [4.69, 9.17) is 0 Å². The smallest absolute Gasteiger partial charge is 0.693 e. The maximum atomic E-state index is 3.97. The van der Waals surface area contributed by atoms with Gasteiger partial charge in [-0.3, -0.25) is 0 Å². The summed E-state index contributed by atoms with van der Waals surface area (Å²) >= 11 is 0. The van der Waals surface area contributed by atoms with Crippen molar-refractivity contribution in [3.8, 4) is 0 Å². The Bertz CT molecular complexity index is 66.0. The van der Waals surface area contributed by atoms with Crippen LogP contribution in [0.25, 0.3) is 22.1 Å². The van der Waals surface area contributed by atoms with Gasteiger partial charge >= 0.3 is 22.4 Å². The molecule has 0 saturated heterocycles. The molecule has 0 fully saturated rings. The summed E-state index contributed by atoms with van der Waals surface area (Å²) in [5.74, 6) is 0. The minimum absolute atomic E-state index is 0. The molecule has 2 N–H and O–H groups in total. The molecule has 0 aliphatic carbocycles. The van der Waals surface area contributed by atoms with Gasteiger partial charge in [0.25, 0.3) is 0 Å². The van der Waals surface area contributed by atoms with Crippen LogP contribution >= 0.6 is 0 Å². The maximum Gasteiger partial charge on any atom is 5.00 e. The van der Waals surface area contributed by atoms with Crippen molar-refractivity contribution in [3.05, 3.63) is 28.5 Å². The van der Waals surface area contributed by atoms with Crippen LogP contribution in [0.3, 0.4) is 0 Å². The summed E-state index contributed by atoms with van der Waals surface area (Å²) in [6.07, 6.45) is 2.00. The predicted molar refractivity (Wildman–Crippen MR) is 94.3 cm³/mol. The zero-order valence-electron chi connectivity index (χ0n) is 15.2. The van der Waals surface area contributed by atoms with E-state index in [2.05, 4.69) is 16.0 Å². The minimum atomic E-state index is 0. The first-order valence-electron chi connectivity index (χ1n) is 7.29. The molecule has 124 valence electrons. The molecular formula is C15H39N4Ta. The molecule has 0 aromatic heterocycles. The Morgan fingerprint density at radius 1 is 0.550 bits per heavy atom. The third-order valence-corrected chi connectivity index (χ3v) is 1.34. The summed E-state index contributed by atoms with van der Waals surface area (Å²) < 4.78 is 0. The van der Waals surface area contributed by atoms with E-state index in [9.17, 15) is 0 Å². The third kappa shape index (κ3) is 133. The molecule has 0 rings (SSSR count). The summed E-state index contributed by atoms with van der Waals surface area (Å²) in [5.41, 5.74) is 0. The predicted octanol–water partition coefficient (Wildman–Crippen LogP) is 6.14. The van der Waals surface area contributed by atoms with Crippen molar-refractivity contribution in [3.63, 3.8) is 0 Å². The van der Waals surface area contributed by atoms with E-state index < -0.39 is 0 Å². The van der Waals surface area contributed by atoms with Crippen LogP contribution in [0.5, 0.6) is 0 Å². The monoisotopic (exact) mass is 456 g/mol. The van der Waals surface area contributed by atoms with Gasteiger partial charge in [-0.1, -0.05) is 41.5 Å². The molecule has 5 heteroatoms. The third-order valence-electron chi connectivity index (χ3n) is 1.34. The topological polar surface area (TPSA) is 75.8 Å². The van der Waals surface area contributed by atoms with Crippen LogP contribution in [-0.4, -0.2) is 39.3 Å². The normalized spacial score (nSPS) is 7.20. The fourth-order valence-corrected chi connectivity index (χ4v) is 0.671. The second-order valence-corrected chi connectivity index (χ2v) is 3.15. The van der Waals surface area contributed by atoms with E-state index in [1.807, 2.05) is 61.8 Å². The first kappa shape index (κ1) is 37.1. The molecule has 0 saturated carbocycles. The minimum Gasteiger partial charge on any atom is -0.693 e. The molecule has 0 unspecified atom stereocenters. The number of nitrogens with two attached hydrogens (primary N) is 1. The Hall–Kier alpha value is 0.580. The van der Waals surface area contributed by atoms with Crippen LogP contribution in [0.2, 0.25) is 0 Å². The summed E-state index contributed by atoms with van der Waals surface area (Å²) in [4.78, 5) is 0. The molecule has 20 heavy (non-hydrogen) atoms. The quantitative estimate of drug-likeness (QED) is 0.430. The van der Waals surface area contributed by atoms with Gasteiger partial charge in [0.15, 0.2) is 0 Å². The molecule has 0 aromatic carbocycles. The molecule has 0 atom stereocenters. The average Bonchev–Trinajstić information content (AvgIpc) is 2.35. The summed E-state index contributed by atoms with van der Waals surface area (Å²) in [5, 5.41) is 11.9. The number of hydrogen-bond acceptors (Lipinski definition) is 0. The molecule has 4 nitrogen and oxygen atoms in total. The van der Waals surface area contributed by atoms with Gasteiger partial charge in [0.2, 0.25) is 0 Å². The SMILES string of the molecule is CC[N-]CC.CC[N-]CC.CC[N-]CC.C[CH-]C.[NH2-].[Ta+5]. The van der Waals surface area contributed by atoms with Crippen molar-refractivity contribution in [2.75, 3.05) is 39.3 Å². The van der Waals surface area contributed by atoms with Crippen LogP contribution in [0, 0.1) is 6.42 Å². The molecule has 0 spiro atoms. The van der Waals surface area contributed by atoms with Crippen molar-refractivity contribution in [2.45, 2.75) is 55.4 Å². The van der Waals surface area contributed by atoms with Gasteiger partial charge < -0.3 is 28.5 Å². The van der Waals surface area contributed by atoms with E-state index in [-0.39, 0.29) is 28.5 Å². The summed E-state index contributed by atoms with van der Waals surface area (Å²) in [7, 11) is 0. The summed E-state index contributed by atoms with van der Waals surface area (Å²) in [6.45, 7) is 22.1. The van der Waals surface area contributed by atoms with Crippen molar-refractivity contribution < 1.29 is 22.4 Å². The maximum absolute atomic E-state index is 3.97. The first-order valence-corrected chi connectivity index (χ1v) is 7.29. The van der Waals surface area contributed by atoms with Crippen LogP contribution in [0.1, 0.15) is 55.4 Å². The van der Waals surface area contributed by atoms with Gasteiger partial charge in [-0.2, -0.15) is 53.1 Å². The Labute approximate surface area is 145 Å². The van der Waals surface area contributed by atoms with Crippen LogP contribution < -0.4 is 0 Å². The number of hydrogen-bond donors (Lipinski definition) is 0. The van der Waals surface area contributed by atoms with Crippen molar-refractivity contribution in [1.29, 1.82) is 0 Å². The fraction of sp³-hybridized carbons (Fsp3) is 0.933. The van der Waals surface area contributed by atoms with E-state index in [0.29, 0.717) is 0 Å². The Morgan fingerprint density at radius 3 is 0.650 bits per heavy atom. The zero-order valence-corrected chi connectivity index (χ0v) is 18.4. The Balaban J connectivity index is -0.0000000321. The van der Waals surface area contributed by atoms with Crippen LogP contribution in [-0.2, 0) is 22.4 Å². The van der Waals surface area contributed by atoms with Gasteiger partial charge in [0.1, 0.15) is 0 Å². The van der Waals surface area contributed by atoms with Crippen LogP contribution in [0.4, 0.5) is 0 Å². The second kappa shape index (κ2) is 60.4. The van der Waals surface area contributed by atoms with Gasteiger partial charge in [-0.05, 0) is 0 Å². The molecular weight excluding hydrogens is 417 g/mol. The standard InChI is InChI=1S/3C4H10N.C3H7.H2N.Ta/c3*1-3-5-4-2;1-3-2;;/h3*3-4H2,1-2H3;3H,1-2H3;1H2;/q5*-1;+5. The molecule has 0 bridgehead atoms. The number of nitrogens with zero attached hydrogens (tertiary/aromatic N) is 3. The molecule has 0 heterocycles. The fourth-order valence-electron chi connectivity index (χ4n) is 0.671.